The first-order valence-electron chi connectivity index (χ1n) is 9.98. The van der Waals surface area contributed by atoms with Crippen molar-refractivity contribution < 1.29 is 18.7 Å². The average molecular weight is 448 g/mol. The predicted octanol–water partition coefficient (Wildman–Crippen LogP) is 4.99. The van der Waals surface area contributed by atoms with Gasteiger partial charge in [-0.1, -0.05) is 41.9 Å². The zero-order valence-corrected chi connectivity index (χ0v) is 17.8. The fourth-order valence-corrected chi connectivity index (χ4v) is 4.13. The third-order valence-electron chi connectivity index (χ3n) is 5.48. The quantitative estimate of drug-likeness (QED) is 0.446. The highest BCUT2D eigenvalue weighted by molar-refractivity contribution is 6.30. The minimum Gasteiger partial charge on any atom is -0.497 e. The van der Waals surface area contributed by atoms with Gasteiger partial charge in [0, 0.05) is 16.8 Å². The van der Waals surface area contributed by atoms with E-state index in [9.17, 15) is 9.59 Å². The Bertz CT molecular complexity index is 1380. The van der Waals surface area contributed by atoms with Crippen molar-refractivity contribution in [2.45, 2.75) is 12.0 Å². The predicted molar refractivity (Wildman–Crippen MR) is 122 cm³/mol. The molecule has 0 spiro atoms. The van der Waals surface area contributed by atoms with Gasteiger partial charge in [-0.05, 0) is 42.0 Å². The summed E-state index contributed by atoms with van der Waals surface area (Å²) in [6, 6.07) is 21.1. The number of amides is 1. The first-order chi connectivity index (χ1) is 15.5. The van der Waals surface area contributed by atoms with Crippen molar-refractivity contribution in [3.8, 4) is 11.5 Å². The van der Waals surface area contributed by atoms with Gasteiger partial charge in [0.25, 0.3) is 5.91 Å². The first-order valence-corrected chi connectivity index (χ1v) is 10.4. The van der Waals surface area contributed by atoms with Crippen LogP contribution < -0.4 is 20.4 Å². The summed E-state index contributed by atoms with van der Waals surface area (Å²) in [4.78, 5) is 26.3. The van der Waals surface area contributed by atoms with Crippen LogP contribution in [0.2, 0.25) is 5.02 Å². The van der Waals surface area contributed by atoms with Crippen LogP contribution in [0.1, 0.15) is 17.0 Å². The molecular formula is C25H18ClNO5. The van der Waals surface area contributed by atoms with Gasteiger partial charge >= 0.3 is 5.63 Å². The second-order valence-electron chi connectivity index (χ2n) is 7.42. The molecule has 160 valence electrons. The smallest absolute Gasteiger partial charge is 0.344 e. The van der Waals surface area contributed by atoms with Crippen LogP contribution in [0, 0.1) is 0 Å². The summed E-state index contributed by atoms with van der Waals surface area (Å²) in [6.07, 6.45) is -0.980. The Morgan fingerprint density at radius 1 is 1.03 bits per heavy atom. The van der Waals surface area contributed by atoms with E-state index in [0.29, 0.717) is 38.7 Å². The molecule has 4 aromatic rings. The van der Waals surface area contributed by atoms with Gasteiger partial charge in [-0.2, -0.15) is 0 Å². The molecule has 2 atom stereocenters. The molecule has 2 heterocycles. The molecule has 0 fully saturated rings. The highest BCUT2D eigenvalue weighted by Gasteiger charge is 2.44. The van der Waals surface area contributed by atoms with Gasteiger partial charge in [0.2, 0.25) is 0 Å². The lowest BCUT2D eigenvalue weighted by Crippen LogP contribution is -2.35. The number of methoxy groups -OCH3 is 1. The van der Waals surface area contributed by atoms with Crippen molar-refractivity contribution in [3.05, 3.63) is 99.4 Å². The van der Waals surface area contributed by atoms with Crippen molar-refractivity contribution in [1.82, 2.24) is 0 Å². The Hall–Kier alpha value is -3.77. The number of hydrogen-bond acceptors (Lipinski definition) is 5. The fraction of sp³-hybridized carbons (Fsp3) is 0.120. The number of fused-ring (bicyclic) bond motifs is 3. The van der Waals surface area contributed by atoms with Crippen LogP contribution in [0.5, 0.6) is 11.5 Å². The minimum atomic E-state index is -0.980. The van der Waals surface area contributed by atoms with Crippen LogP contribution in [0.15, 0.2) is 82.0 Å². The van der Waals surface area contributed by atoms with E-state index in [0.717, 1.165) is 5.56 Å². The molecule has 1 aliphatic heterocycles. The molecule has 0 saturated carbocycles. The lowest BCUT2D eigenvalue weighted by Gasteiger charge is -2.19. The molecule has 0 aliphatic carbocycles. The number of halogens is 1. The van der Waals surface area contributed by atoms with E-state index in [1.54, 1.807) is 73.8 Å². The summed E-state index contributed by atoms with van der Waals surface area (Å²) in [5.41, 5.74) is 1.47. The molecule has 0 saturated heterocycles. The van der Waals surface area contributed by atoms with E-state index < -0.39 is 23.6 Å². The Morgan fingerprint density at radius 3 is 2.59 bits per heavy atom. The summed E-state index contributed by atoms with van der Waals surface area (Å²) < 4.78 is 16.9. The largest absolute Gasteiger partial charge is 0.497 e. The number of carbonyl (C=O) groups is 1. The lowest BCUT2D eigenvalue weighted by molar-refractivity contribution is -0.122. The number of para-hydroxylation sites is 1. The summed E-state index contributed by atoms with van der Waals surface area (Å²) in [7, 11) is 1.55. The zero-order valence-electron chi connectivity index (χ0n) is 17.0. The van der Waals surface area contributed by atoms with Gasteiger partial charge in [0.1, 0.15) is 17.1 Å². The van der Waals surface area contributed by atoms with Gasteiger partial charge in [-0.25, -0.2) is 4.79 Å². The molecule has 6 nitrogen and oxygen atoms in total. The lowest BCUT2D eigenvalue weighted by atomic mass is 9.88. The minimum absolute atomic E-state index is 0.316. The van der Waals surface area contributed by atoms with Gasteiger partial charge < -0.3 is 19.2 Å². The molecule has 5 rings (SSSR count). The molecule has 1 aromatic heterocycles. The van der Waals surface area contributed by atoms with Crippen molar-refractivity contribution in [2.75, 3.05) is 12.4 Å². The van der Waals surface area contributed by atoms with Crippen LogP contribution in [0.3, 0.4) is 0 Å². The van der Waals surface area contributed by atoms with E-state index in [2.05, 4.69) is 5.32 Å². The molecule has 3 aromatic carbocycles. The highest BCUT2D eigenvalue weighted by Crippen LogP contribution is 2.44. The second-order valence-corrected chi connectivity index (χ2v) is 7.85. The van der Waals surface area contributed by atoms with Crippen LogP contribution in [0.4, 0.5) is 5.69 Å². The summed E-state index contributed by atoms with van der Waals surface area (Å²) in [5, 5.41) is 4.06. The maximum absolute atomic E-state index is 13.3. The standard InChI is InChI=1S/C25H18ClNO5/c1-30-17-6-4-5-16(13-17)27-24(28)23-20(14-9-11-15(26)12-10-14)21-22(32-23)18-7-2-3-8-19(18)31-25(21)29/h2-13,20,23H,1H3,(H,27,28)/t20-,23-/m0/s1. The summed E-state index contributed by atoms with van der Waals surface area (Å²) >= 11 is 6.06. The first kappa shape index (κ1) is 20.2. The molecule has 32 heavy (non-hydrogen) atoms. The van der Waals surface area contributed by atoms with Gasteiger partial charge in [-0.3, -0.25) is 4.79 Å². The molecular weight excluding hydrogens is 430 g/mol. The second kappa shape index (κ2) is 8.05. The van der Waals surface area contributed by atoms with E-state index >= 15 is 0 Å². The molecule has 0 unspecified atom stereocenters. The Labute approximate surface area is 188 Å². The molecule has 1 amide bonds. The van der Waals surface area contributed by atoms with E-state index in [4.69, 9.17) is 25.5 Å². The molecule has 1 aliphatic rings. The van der Waals surface area contributed by atoms with E-state index in [1.165, 1.54) is 0 Å². The number of nitrogens with one attached hydrogen (secondary N) is 1. The third-order valence-corrected chi connectivity index (χ3v) is 5.73. The maximum Gasteiger partial charge on any atom is 0.344 e. The zero-order chi connectivity index (χ0) is 22.2. The average Bonchev–Trinajstić information content (AvgIpc) is 3.22. The van der Waals surface area contributed by atoms with Crippen LogP contribution in [-0.2, 0) is 4.79 Å². The third kappa shape index (κ3) is 3.48. The number of carbonyl (C=O) groups excluding carboxylic acids is 1. The summed E-state index contributed by atoms with van der Waals surface area (Å²) in [6.45, 7) is 0. The number of hydrogen-bond donors (Lipinski definition) is 1. The van der Waals surface area contributed by atoms with Crippen LogP contribution in [0.25, 0.3) is 11.0 Å². The maximum atomic E-state index is 13.3. The van der Waals surface area contributed by atoms with E-state index in [1.807, 2.05) is 6.07 Å². The van der Waals surface area contributed by atoms with Crippen molar-refractivity contribution in [3.63, 3.8) is 0 Å². The molecule has 1 N–H and O–H groups in total. The van der Waals surface area contributed by atoms with Crippen molar-refractivity contribution in [1.29, 1.82) is 0 Å². The number of anilines is 1. The number of benzene rings is 3. The topological polar surface area (TPSA) is 77.8 Å². The van der Waals surface area contributed by atoms with Crippen molar-refractivity contribution in [2.24, 2.45) is 0 Å². The van der Waals surface area contributed by atoms with Gasteiger partial charge in [-0.15, -0.1) is 0 Å². The Morgan fingerprint density at radius 2 is 1.81 bits per heavy atom. The van der Waals surface area contributed by atoms with Gasteiger partial charge in [0.05, 0.1) is 24.0 Å². The molecule has 0 radical (unpaired) electrons. The van der Waals surface area contributed by atoms with E-state index in [-0.39, 0.29) is 0 Å². The van der Waals surface area contributed by atoms with Crippen LogP contribution >= 0.6 is 11.6 Å². The molecule has 0 bridgehead atoms. The highest BCUT2D eigenvalue weighted by atomic mass is 35.5. The van der Waals surface area contributed by atoms with Crippen LogP contribution in [-0.4, -0.2) is 19.1 Å². The Kier molecular flexibility index (Phi) is 5.07. The number of rotatable bonds is 4. The van der Waals surface area contributed by atoms with Crippen molar-refractivity contribution >= 4 is 34.2 Å². The fourth-order valence-electron chi connectivity index (χ4n) is 4.01. The SMILES string of the molecule is COc1cccc(NC(=O)[C@H]2Oc3c(c(=O)oc4ccccc34)[C@@H]2c2ccc(Cl)cc2)c1. The normalized spacial score (nSPS) is 16.9. The monoisotopic (exact) mass is 447 g/mol. The molecule has 7 heteroatoms. The van der Waals surface area contributed by atoms with Gasteiger partial charge in [0.15, 0.2) is 6.10 Å². The number of ether oxygens (including phenoxy) is 2. The Balaban J connectivity index is 1.61. The summed E-state index contributed by atoms with van der Waals surface area (Å²) in [5.74, 6) is -0.0754.